The van der Waals surface area contributed by atoms with Gasteiger partial charge < -0.3 is 14.5 Å². The number of nitrogens with one attached hydrogen (secondary N) is 1. The molecule has 2 aromatic carbocycles. The number of ether oxygens (including phenoxy) is 1. The molecule has 0 bridgehead atoms. The smallest absolute Gasteiger partial charge is 0.408 e. The summed E-state index contributed by atoms with van der Waals surface area (Å²) in [6, 6.07) is 22.1. The maximum Gasteiger partial charge on any atom is 0.408 e. The average molecular weight is 410 g/mol. The summed E-state index contributed by atoms with van der Waals surface area (Å²) in [4.78, 5) is 25.0. The SMILES string of the molecule is O=C(NC(Cc1ccccc1)C(=O)CSCc1ccco1)OCc1ccccc1. The Morgan fingerprint density at radius 2 is 1.62 bits per heavy atom. The second-order valence-corrected chi connectivity index (χ2v) is 7.47. The highest BCUT2D eigenvalue weighted by molar-refractivity contribution is 7.99. The number of carbonyl (C=O) groups is 2. The summed E-state index contributed by atoms with van der Waals surface area (Å²) < 4.78 is 10.6. The molecule has 1 aromatic heterocycles. The Kier molecular flexibility index (Phi) is 7.95. The fourth-order valence-corrected chi connectivity index (χ4v) is 3.62. The lowest BCUT2D eigenvalue weighted by atomic mass is 10.0. The van der Waals surface area contributed by atoms with E-state index in [1.165, 1.54) is 11.8 Å². The average Bonchev–Trinajstić information content (AvgIpc) is 3.27. The molecule has 0 aliphatic heterocycles. The third-order valence-electron chi connectivity index (χ3n) is 4.24. The summed E-state index contributed by atoms with van der Waals surface area (Å²) in [5.41, 5.74) is 1.87. The molecule has 3 rings (SSSR count). The molecular formula is C23H23NO4S. The molecule has 6 heteroatoms. The number of ketones is 1. The second kappa shape index (κ2) is 11.1. The van der Waals surface area contributed by atoms with Gasteiger partial charge in [0, 0.05) is 0 Å². The van der Waals surface area contributed by atoms with Crippen LogP contribution in [0.3, 0.4) is 0 Å². The summed E-state index contributed by atoms with van der Waals surface area (Å²) in [7, 11) is 0. The minimum Gasteiger partial charge on any atom is -0.468 e. The molecule has 1 N–H and O–H groups in total. The largest absolute Gasteiger partial charge is 0.468 e. The van der Waals surface area contributed by atoms with Crippen LogP contribution in [0.1, 0.15) is 16.9 Å². The molecule has 150 valence electrons. The molecule has 3 aromatic rings. The van der Waals surface area contributed by atoms with Crippen molar-refractivity contribution in [1.82, 2.24) is 5.32 Å². The standard InChI is InChI=1S/C23H23NO4S/c25-22(17-29-16-20-12-7-13-27-20)21(14-18-8-3-1-4-9-18)24-23(26)28-15-19-10-5-2-6-11-19/h1-13,21H,14-17H2,(H,24,26). The van der Waals surface area contributed by atoms with E-state index in [2.05, 4.69) is 5.32 Å². The fourth-order valence-electron chi connectivity index (χ4n) is 2.75. The minimum atomic E-state index is -0.648. The normalized spacial score (nSPS) is 11.6. The Morgan fingerprint density at radius 1 is 0.931 bits per heavy atom. The zero-order chi connectivity index (χ0) is 20.3. The Labute approximate surface area is 174 Å². The van der Waals surface area contributed by atoms with Crippen LogP contribution in [-0.4, -0.2) is 23.7 Å². The van der Waals surface area contributed by atoms with Crippen molar-refractivity contribution in [2.45, 2.75) is 24.8 Å². The van der Waals surface area contributed by atoms with E-state index in [0.717, 1.165) is 16.9 Å². The van der Waals surface area contributed by atoms with Gasteiger partial charge in [-0.3, -0.25) is 4.79 Å². The number of alkyl carbamates (subject to hydrolysis) is 1. The maximum atomic E-state index is 12.8. The predicted molar refractivity (Wildman–Crippen MR) is 114 cm³/mol. The van der Waals surface area contributed by atoms with Gasteiger partial charge in [-0.15, -0.1) is 11.8 Å². The lowest BCUT2D eigenvalue weighted by molar-refractivity contribution is -0.118. The summed E-state index contributed by atoms with van der Waals surface area (Å²) in [6.45, 7) is 0.159. The highest BCUT2D eigenvalue weighted by Gasteiger charge is 2.22. The number of benzene rings is 2. The zero-order valence-electron chi connectivity index (χ0n) is 16.0. The van der Waals surface area contributed by atoms with Crippen molar-refractivity contribution in [3.63, 3.8) is 0 Å². The Balaban J connectivity index is 1.55. The molecule has 29 heavy (non-hydrogen) atoms. The molecule has 0 radical (unpaired) electrons. The Hall–Kier alpha value is -2.99. The summed E-state index contributed by atoms with van der Waals surface area (Å²) in [5.74, 6) is 1.64. The number of hydrogen-bond acceptors (Lipinski definition) is 5. The Bertz CT molecular complexity index is 882. The van der Waals surface area contributed by atoms with Crippen molar-refractivity contribution in [3.8, 4) is 0 Å². The monoisotopic (exact) mass is 409 g/mol. The summed E-state index contributed by atoms with van der Waals surface area (Å²) in [5, 5.41) is 2.73. The van der Waals surface area contributed by atoms with E-state index < -0.39 is 12.1 Å². The Morgan fingerprint density at radius 3 is 2.28 bits per heavy atom. The third kappa shape index (κ3) is 7.16. The van der Waals surface area contributed by atoms with E-state index in [1.807, 2.05) is 72.8 Å². The van der Waals surface area contributed by atoms with Gasteiger partial charge in [0.15, 0.2) is 5.78 Å². The van der Waals surface area contributed by atoms with Crippen LogP contribution in [0.2, 0.25) is 0 Å². The van der Waals surface area contributed by atoms with E-state index in [-0.39, 0.29) is 18.1 Å². The quantitative estimate of drug-likeness (QED) is 0.529. The first-order valence-electron chi connectivity index (χ1n) is 9.34. The summed E-state index contributed by atoms with van der Waals surface area (Å²) >= 11 is 1.46. The maximum absolute atomic E-state index is 12.8. The fraction of sp³-hybridized carbons (Fsp3) is 0.217. The van der Waals surface area contributed by atoms with Crippen molar-refractivity contribution >= 4 is 23.6 Å². The lowest BCUT2D eigenvalue weighted by Crippen LogP contribution is -2.43. The van der Waals surface area contributed by atoms with Crippen molar-refractivity contribution in [2.24, 2.45) is 0 Å². The van der Waals surface area contributed by atoms with Gasteiger partial charge in [0.1, 0.15) is 12.4 Å². The van der Waals surface area contributed by atoms with Gasteiger partial charge >= 0.3 is 6.09 Å². The van der Waals surface area contributed by atoms with Gasteiger partial charge in [-0.2, -0.15) is 0 Å². The van der Waals surface area contributed by atoms with Crippen molar-refractivity contribution in [1.29, 1.82) is 0 Å². The molecule has 0 saturated carbocycles. The number of rotatable bonds is 10. The molecule has 1 unspecified atom stereocenters. The first kappa shape index (κ1) is 20.7. The van der Waals surface area contributed by atoms with E-state index in [0.29, 0.717) is 12.2 Å². The van der Waals surface area contributed by atoms with Crippen LogP contribution in [-0.2, 0) is 28.3 Å². The van der Waals surface area contributed by atoms with E-state index in [4.69, 9.17) is 9.15 Å². The lowest BCUT2D eigenvalue weighted by Gasteiger charge is -2.18. The number of thioether (sulfide) groups is 1. The van der Waals surface area contributed by atoms with Crippen LogP contribution < -0.4 is 5.32 Å². The van der Waals surface area contributed by atoms with Gasteiger partial charge in [0.25, 0.3) is 0 Å². The van der Waals surface area contributed by atoms with Crippen molar-refractivity contribution < 1.29 is 18.7 Å². The molecule has 0 aliphatic carbocycles. The van der Waals surface area contributed by atoms with E-state index in [1.54, 1.807) is 6.26 Å². The predicted octanol–water partition coefficient (Wildman–Crippen LogP) is 4.62. The number of hydrogen-bond donors (Lipinski definition) is 1. The third-order valence-corrected chi connectivity index (χ3v) is 5.22. The topological polar surface area (TPSA) is 68.5 Å². The van der Waals surface area contributed by atoms with Crippen LogP contribution >= 0.6 is 11.8 Å². The molecule has 0 saturated heterocycles. The van der Waals surface area contributed by atoms with Crippen LogP contribution in [0, 0.1) is 0 Å². The van der Waals surface area contributed by atoms with Gasteiger partial charge in [-0.05, 0) is 29.7 Å². The molecule has 5 nitrogen and oxygen atoms in total. The first-order chi connectivity index (χ1) is 14.2. The van der Waals surface area contributed by atoms with Gasteiger partial charge in [-0.25, -0.2) is 4.79 Å². The first-order valence-corrected chi connectivity index (χ1v) is 10.5. The van der Waals surface area contributed by atoms with Crippen LogP contribution in [0.4, 0.5) is 4.79 Å². The highest BCUT2D eigenvalue weighted by atomic mass is 32.2. The van der Waals surface area contributed by atoms with Crippen molar-refractivity contribution in [3.05, 3.63) is 95.9 Å². The van der Waals surface area contributed by atoms with Crippen LogP contribution in [0.15, 0.2) is 83.5 Å². The molecule has 1 atom stereocenters. The zero-order valence-corrected chi connectivity index (χ0v) is 16.8. The minimum absolute atomic E-state index is 0.0536. The number of Topliss-reactive ketones (excluding diaryl/α,β-unsaturated/α-hetero) is 1. The number of amides is 1. The molecule has 1 amide bonds. The van der Waals surface area contributed by atoms with E-state index in [9.17, 15) is 9.59 Å². The van der Waals surface area contributed by atoms with Crippen LogP contribution in [0.5, 0.6) is 0 Å². The summed E-state index contributed by atoms with van der Waals surface area (Å²) in [6.07, 6.45) is 1.43. The number of furan rings is 1. The highest BCUT2D eigenvalue weighted by Crippen LogP contribution is 2.14. The molecular weight excluding hydrogens is 386 g/mol. The molecule has 1 heterocycles. The van der Waals surface area contributed by atoms with Crippen LogP contribution in [0.25, 0.3) is 0 Å². The van der Waals surface area contributed by atoms with Crippen molar-refractivity contribution in [2.75, 3.05) is 5.75 Å². The van der Waals surface area contributed by atoms with Gasteiger partial charge in [0.2, 0.25) is 0 Å². The number of carbonyl (C=O) groups excluding carboxylic acids is 2. The van der Waals surface area contributed by atoms with E-state index >= 15 is 0 Å². The molecule has 0 aliphatic rings. The molecule has 0 spiro atoms. The van der Waals surface area contributed by atoms with Gasteiger partial charge in [0.05, 0.1) is 23.8 Å². The molecule has 0 fully saturated rings. The van der Waals surface area contributed by atoms with Gasteiger partial charge in [-0.1, -0.05) is 60.7 Å². The second-order valence-electron chi connectivity index (χ2n) is 6.49.